The van der Waals surface area contributed by atoms with Crippen LogP contribution in [0.15, 0.2) is 12.4 Å². The van der Waals surface area contributed by atoms with Crippen LogP contribution < -0.4 is 10.2 Å². The molecular weight excluding hydrogens is 306 g/mol. The monoisotopic (exact) mass is 333 g/mol. The topological polar surface area (TPSA) is 70.6 Å². The van der Waals surface area contributed by atoms with E-state index in [1.54, 1.807) is 19.0 Å². The minimum atomic E-state index is -0.107. The number of amides is 2. The van der Waals surface area contributed by atoms with Gasteiger partial charge in [0.15, 0.2) is 0 Å². The van der Waals surface area contributed by atoms with Gasteiger partial charge in [-0.05, 0) is 31.2 Å². The molecule has 1 aromatic heterocycles. The molecule has 1 atom stereocenters. The van der Waals surface area contributed by atoms with E-state index in [-0.39, 0.29) is 17.7 Å². The third-order valence-electron chi connectivity index (χ3n) is 5.00. The predicted octanol–water partition coefficient (Wildman–Crippen LogP) is 1.44. The van der Waals surface area contributed by atoms with E-state index < -0.39 is 0 Å². The molecule has 1 N–H and O–H groups in total. The maximum absolute atomic E-state index is 11.8. The zero-order valence-electron chi connectivity index (χ0n) is 14.8. The zero-order valence-corrected chi connectivity index (χ0v) is 14.8. The second-order valence-electron chi connectivity index (χ2n) is 6.97. The number of piperidine rings is 1. The van der Waals surface area contributed by atoms with Crippen LogP contribution in [0.25, 0.3) is 0 Å². The van der Waals surface area contributed by atoms with Crippen LogP contribution in [0.5, 0.6) is 0 Å². The van der Waals surface area contributed by atoms with Crippen molar-refractivity contribution in [3.8, 4) is 0 Å². The van der Waals surface area contributed by atoms with Gasteiger partial charge in [0.1, 0.15) is 0 Å². The lowest BCUT2D eigenvalue weighted by molar-refractivity contribution is -0.0151. The lowest BCUT2D eigenvalue weighted by atomic mass is 9.87. The highest BCUT2D eigenvalue weighted by molar-refractivity contribution is 5.73. The van der Waals surface area contributed by atoms with Crippen molar-refractivity contribution in [1.29, 1.82) is 0 Å². The third kappa shape index (κ3) is 3.61. The summed E-state index contributed by atoms with van der Waals surface area (Å²) in [6.07, 6.45) is 7.55. The van der Waals surface area contributed by atoms with E-state index in [4.69, 9.17) is 4.74 Å². The Morgan fingerprint density at radius 2 is 2.04 bits per heavy atom. The average Bonchev–Trinajstić information content (AvgIpc) is 2.98. The van der Waals surface area contributed by atoms with Gasteiger partial charge in [-0.1, -0.05) is 6.92 Å². The van der Waals surface area contributed by atoms with Gasteiger partial charge in [0, 0.05) is 39.6 Å². The van der Waals surface area contributed by atoms with Crippen LogP contribution in [0.4, 0.5) is 10.7 Å². The number of anilines is 1. The van der Waals surface area contributed by atoms with Gasteiger partial charge in [-0.2, -0.15) is 0 Å². The first kappa shape index (κ1) is 17.0. The molecule has 2 saturated heterocycles. The van der Waals surface area contributed by atoms with E-state index in [1.807, 2.05) is 12.4 Å². The minimum absolute atomic E-state index is 0.0532. The summed E-state index contributed by atoms with van der Waals surface area (Å²) in [5.74, 6) is 0.803. The number of carbonyl (C=O) groups is 1. The van der Waals surface area contributed by atoms with E-state index >= 15 is 0 Å². The number of rotatable bonds is 3. The van der Waals surface area contributed by atoms with Gasteiger partial charge in [-0.15, -0.1) is 0 Å². The Balaban J connectivity index is 1.54. The maximum Gasteiger partial charge on any atom is 0.317 e. The smallest absolute Gasteiger partial charge is 0.317 e. The van der Waals surface area contributed by atoms with Gasteiger partial charge < -0.3 is 19.9 Å². The largest absolute Gasteiger partial charge is 0.373 e. The van der Waals surface area contributed by atoms with E-state index in [0.717, 1.165) is 50.3 Å². The van der Waals surface area contributed by atoms with Crippen molar-refractivity contribution in [2.45, 2.75) is 44.2 Å². The quantitative estimate of drug-likeness (QED) is 0.906. The van der Waals surface area contributed by atoms with E-state index in [2.05, 4.69) is 27.1 Å². The Labute approximate surface area is 143 Å². The number of nitrogens with one attached hydrogen (secondary N) is 1. The van der Waals surface area contributed by atoms with Crippen LogP contribution in [-0.2, 0) is 11.2 Å². The van der Waals surface area contributed by atoms with Crippen molar-refractivity contribution in [3.05, 3.63) is 18.0 Å². The van der Waals surface area contributed by atoms with E-state index in [0.29, 0.717) is 6.61 Å². The highest BCUT2D eigenvalue weighted by Gasteiger charge is 2.43. The summed E-state index contributed by atoms with van der Waals surface area (Å²) in [4.78, 5) is 24.5. The molecule has 0 aromatic carbocycles. The van der Waals surface area contributed by atoms with Crippen molar-refractivity contribution < 1.29 is 9.53 Å². The summed E-state index contributed by atoms with van der Waals surface area (Å²) in [7, 11) is 3.51. The van der Waals surface area contributed by atoms with E-state index in [1.165, 1.54) is 0 Å². The fourth-order valence-corrected chi connectivity index (χ4v) is 3.40. The number of ether oxygens (including phenoxy) is 1. The lowest BCUT2D eigenvalue weighted by Gasteiger charge is -2.38. The van der Waals surface area contributed by atoms with Crippen LogP contribution in [-0.4, -0.2) is 66.3 Å². The van der Waals surface area contributed by atoms with Crippen molar-refractivity contribution in [2.75, 3.05) is 38.7 Å². The van der Waals surface area contributed by atoms with Crippen LogP contribution in [0.3, 0.4) is 0 Å². The maximum atomic E-state index is 11.8. The molecular formula is C17H27N5O2. The molecule has 3 rings (SSSR count). The molecule has 3 heterocycles. The van der Waals surface area contributed by atoms with Crippen molar-refractivity contribution in [1.82, 2.24) is 20.2 Å². The molecule has 2 fully saturated rings. The average molecular weight is 333 g/mol. The number of aryl methyl sites for hydroxylation is 1. The fraction of sp³-hybridized carbons (Fsp3) is 0.706. The summed E-state index contributed by atoms with van der Waals surface area (Å²) < 4.78 is 6.09. The Kier molecular flexibility index (Phi) is 4.89. The molecule has 7 heteroatoms. The fourth-order valence-electron chi connectivity index (χ4n) is 3.40. The molecule has 2 aliphatic rings. The summed E-state index contributed by atoms with van der Waals surface area (Å²) >= 11 is 0. The number of hydrogen-bond acceptors (Lipinski definition) is 5. The second-order valence-corrected chi connectivity index (χ2v) is 6.97. The number of hydrogen-bond donors (Lipinski definition) is 1. The van der Waals surface area contributed by atoms with Gasteiger partial charge in [0.25, 0.3) is 0 Å². The normalized spacial score (nSPS) is 22.6. The van der Waals surface area contributed by atoms with Gasteiger partial charge in [0.05, 0.1) is 18.2 Å². The summed E-state index contributed by atoms with van der Waals surface area (Å²) in [6, 6.07) is 0.0500. The van der Waals surface area contributed by atoms with Gasteiger partial charge in [0.2, 0.25) is 5.95 Å². The molecule has 0 radical (unpaired) electrons. The highest BCUT2D eigenvalue weighted by atomic mass is 16.5. The van der Waals surface area contributed by atoms with Crippen molar-refractivity contribution >= 4 is 12.0 Å². The second kappa shape index (κ2) is 6.93. The summed E-state index contributed by atoms with van der Waals surface area (Å²) in [6.45, 7) is 4.48. The van der Waals surface area contributed by atoms with Crippen LogP contribution >= 0.6 is 0 Å². The molecule has 1 spiro atoms. The lowest BCUT2D eigenvalue weighted by Crippen LogP contribution is -2.46. The molecule has 1 aromatic rings. The number of aromatic nitrogens is 2. The van der Waals surface area contributed by atoms with Crippen LogP contribution in [0, 0.1) is 0 Å². The zero-order chi connectivity index (χ0) is 17.2. The van der Waals surface area contributed by atoms with Gasteiger partial charge in [-0.3, -0.25) is 0 Å². The first-order valence-corrected chi connectivity index (χ1v) is 8.69. The number of urea groups is 1. The molecule has 0 saturated carbocycles. The molecule has 2 amide bonds. The number of nitrogens with zero attached hydrogens (tertiary/aromatic N) is 4. The molecule has 0 aliphatic carbocycles. The molecule has 2 aliphatic heterocycles. The van der Waals surface area contributed by atoms with Gasteiger partial charge >= 0.3 is 6.03 Å². The molecule has 1 unspecified atom stereocenters. The van der Waals surface area contributed by atoms with E-state index in [9.17, 15) is 4.79 Å². The first-order valence-electron chi connectivity index (χ1n) is 8.69. The first-order chi connectivity index (χ1) is 11.5. The standard InChI is InChI=1S/C17H27N5O2/c1-4-13-10-18-15(19-11-13)22-7-5-17(6-8-22)9-14(12-24-17)20-16(23)21(2)3/h10-11,14H,4-9,12H2,1-3H3,(H,20,23). The van der Waals surface area contributed by atoms with Crippen molar-refractivity contribution in [2.24, 2.45) is 0 Å². The third-order valence-corrected chi connectivity index (χ3v) is 5.00. The number of carbonyl (C=O) groups excluding carboxylic acids is 1. The Morgan fingerprint density at radius 3 is 2.62 bits per heavy atom. The summed E-state index contributed by atoms with van der Waals surface area (Å²) in [5.41, 5.74) is 1.05. The Hall–Kier alpha value is -1.89. The minimum Gasteiger partial charge on any atom is -0.373 e. The molecule has 132 valence electrons. The molecule has 0 bridgehead atoms. The highest BCUT2D eigenvalue weighted by Crippen LogP contribution is 2.36. The van der Waals surface area contributed by atoms with Crippen molar-refractivity contribution in [3.63, 3.8) is 0 Å². The molecule has 7 nitrogen and oxygen atoms in total. The molecule has 24 heavy (non-hydrogen) atoms. The summed E-state index contributed by atoms with van der Waals surface area (Å²) in [5, 5.41) is 3.03. The van der Waals surface area contributed by atoms with Crippen LogP contribution in [0.1, 0.15) is 31.7 Å². The SMILES string of the molecule is CCc1cnc(N2CCC3(CC2)CC(NC(=O)N(C)C)CO3)nc1. The predicted molar refractivity (Wildman–Crippen MR) is 92.2 cm³/mol. The van der Waals surface area contributed by atoms with Crippen LogP contribution in [0.2, 0.25) is 0 Å². The van der Waals surface area contributed by atoms with Gasteiger partial charge in [-0.25, -0.2) is 14.8 Å². The Bertz CT molecular complexity index is 567. The Morgan fingerprint density at radius 1 is 1.38 bits per heavy atom.